The predicted molar refractivity (Wildman–Crippen MR) is 70.0 cm³/mol. The second-order valence-corrected chi connectivity index (χ2v) is 5.42. The molecule has 17 heavy (non-hydrogen) atoms. The lowest BCUT2D eigenvalue weighted by Crippen LogP contribution is -2.09. The van der Waals surface area contributed by atoms with Crippen LogP contribution in [0.3, 0.4) is 0 Å². The van der Waals surface area contributed by atoms with E-state index < -0.39 is 0 Å². The quantitative estimate of drug-likeness (QED) is 0.607. The number of nitriles is 1. The van der Waals surface area contributed by atoms with E-state index in [2.05, 4.69) is 18.0 Å². The van der Waals surface area contributed by atoms with Gasteiger partial charge < -0.3 is 4.74 Å². The van der Waals surface area contributed by atoms with E-state index >= 15 is 0 Å². The van der Waals surface area contributed by atoms with Gasteiger partial charge in [-0.05, 0) is 37.7 Å². The SMILES string of the molecule is CCOC=Nc1sc2c(c1C#N)CCC(C)C2. The maximum absolute atomic E-state index is 9.23. The molecule has 0 aromatic carbocycles. The number of fused-ring (bicyclic) bond motifs is 1. The summed E-state index contributed by atoms with van der Waals surface area (Å²) in [6.45, 7) is 4.78. The number of thiophene rings is 1. The lowest BCUT2D eigenvalue weighted by atomic mass is 9.89. The monoisotopic (exact) mass is 248 g/mol. The van der Waals surface area contributed by atoms with Crippen molar-refractivity contribution in [3.05, 3.63) is 16.0 Å². The van der Waals surface area contributed by atoms with Gasteiger partial charge in [0.15, 0.2) is 6.40 Å². The van der Waals surface area contributed by atoms with E-state index in [1.165, 1.54) is 23.3 Å². The standard InChI is InChI=1S/C13H16N2OS/c1-3-16-8-15-13-11(7-14)10-5-4-9(2)6-12(10)17-13/h8-9H,3-6H2,1-2H3. The molecule has 0 amide bonds. The first-order valence-electron chi connectivity index (χ1n) is 5.95. The van der Waals surface area contributed by atoms with E-state index in [4.69, 9.17) is 4.74 Å². The fraction of sp³-hybridized carbons (Fsp3) is 0.538. The van der Waals surface area contributed by atoms with Crippen molar-refractivity contribution in [2.24, 2.45) is 10.9 Å². The van der Waals surface area contributed by atoms with Crippen LogP contribution in [0.4, 0.5) is 5.00 Å². The molecule has 0 fully saturated rings. The van der Waals surface area contributed by atoms with Crippen LogP contribution in [-0.4, -0.2) is 13.0 Å². The lowest BCUT2D eigenvalue weighted by Gasteiger charge is -2.17. The van der Waals surface area contributed by atoms with Crippen molar-refractivity contribution in [2.75, 3.05) is 6.61 Å². The van der Waals surface area contributed by atoms with E-state index in [1.807, 2.05) is 6.92 Å². The Morgan fingerprint density at radius 2 is 2.47 bits per heavy atom. The summed E-state index contributed by atoms with van der Waals surface area (Å²) in [5.74, 6) is 0.719. The summed E-state index contributed by atoms with van der Waals surface area (Å²) in [6, 6.07) is 2.29. The third kappa shape index (κ3) is 2.50. The van der Waals surface area contributed by atoms with Crippen molar-refractivity contribution < 1.29 is 4.74 Å². The van der Waals surface area contributed by atoms with Crippen molar-refractivity contribution in [2.45, 2.75) is 33.1 Å². The molecule has 1 aliphatic rings. The molecule has 1 unspecified atom stereocenters. The molecule has 90 valence electrons. The van der Waals surface area contributed by atoms with E-state index in [0.717, 1.165) is 29.3 Å². The minimum absolute atomic E-state index is 0.605. The molecule has 0 N–H and O–H groups in total. The second kappa shape index (κ2) is 5.33. The summed E-state index contributed by atoms with van der Waals surface area (Å²) in [7, 11) is 0. The fourth-order valence-corrected chi connectivity index (χ4v) is 3.40. The summed E-state index contributed by atoms with van der Waals surface area (Å²) in [5.41, 5.74) is 1.98. The maximum Gasteiger partial charge on any atom is 0.175 e. The Bertz CT molecular complexity index is 470. The molecular formula is C13H16N2OS. The van der Waals surface area contributed by atoms with Gasteiger partial charge >= 0.3 is 0 Å². The van der Waals surface area contributed by atoms with Crippen LogP contribution in [0.15, 0.2) is 4.99 Å². The molecule has 2 rings (SSSR count). The summed E-state index contributed by atoms with van der Waals surface area (Å²) < 4.78 is 5.10. The van der Waals surface area contributed by atoms with Crippen LogP contribution in [0.1, 0.15) is 36.3 Å². The van der Waals surface area contributed by atoms with E-state index in [-0.39, 0.29) is 0 Å². The third-order valence-electron chi connectivity index (χ3n) is 3.02. The van der Waals surface area contributed by atoms with Gasteiger partial charge in [0, 0.05) is 4.88 Å². The zero-order chi connectivity index (χ0) is 12.3. The first-order valence-corrected chi connectivity index (χ1v) is 6.76. The zero-order valence-electron chi connectivity index (χ0n) is 10.2. The smallest absolute Gasteiger partial charge is 0.175 e. The van der Waals surface area contributed by atoms with E-state index in [1.54, 1.807) is 11.3 Å². The predicted octanol–water partition coefficient (Wildman–Crippen LogP) is 3.44. The van der Waals surface area contributed by atoms with Crippen LogP contribution >= 0.6 is 11.3 Å². The summed E-state index contributed by atoms with van der Waals surface area (Å²) in [6.07, 6.45) is 4.72. The molecule has 0 bridgehead atoms. The summed E-state index contributed by atoms with van der Waals surface area (Å²) >= 11 is 1.64. The molecule has 0 saturated heterocycles. The summed E-state index contributed by atoms with van der Waals surface area (Å²) in [4.78, 5) is 5.58. The Morgan fingerprint density at radius 3 is 3.18 bits per heavy atom. The highest BCUT2D eigenvalue weighted by molar-refractivity contribution is 7.16. The van der Waals surface area contributed by atoms with Gasteiger partial charge in [0.2, 0.25) is 0 Å². The fourth-order valence-electron chi connectivity index (χ4n) is 2.10. The van der Waals surface area contributed by atoms with Crippen LogP contribution in [0.2, 0.25) is 0 Å². The highest BCUT2D eigenvalue weighted by Gasteiger charge is 2.23. The molecule has 3 nitrogen and oxygen atoms in total. The Labute approximate surface area is 106 Å². The third-order valence-corrected chi connectivity index (χ3v) is 4.18. The normalized spacial score (nSPS) is 19.0. The van der Waals surface area contributed by atoms with Crippen LogP contribution < -0.4 is 0 Å². The molecular weight excluding hydrogens is 232 g/mol. The Kier molecular flexibility index (Phi) is 3.80. The molecule has 0 radical (unpaired) electrons. The molecule has 0 aliphatic heterocycles. The molecule has 1 aromatic heterocycles. The largest absolute Gasteiger partial charge is 0.483 e. The average molecular weight is 248 g/mol. The van der Waals surface area contributed by atoms with Crippen LogP contribution in [0, 0.1) is 17.2 Å². The van der Waals surface area contributed by atoms with Crippen molar-refractivity contribution >= 4 is 22.7 Å². The highest BCUT2D eigenvalue weighted by atomic mass is 32.1. The van der Waals surface area contributed by atoms with Crippen LogP contribution in [-0.2, 0) is 17.6 Å². The van der Waals surface area contributed by atoms with Crippen molar-refractivity contribution in [1.82, 2.24) is 0 Å². The average Bonchev–Trinajstić information content (AvgIpc) is 2.66. The molecule has 1 atom stereocenters. The van der Waals surface area contributed by atoms with Crippen molar-refractivity contribution in [3.8, 4) is 6.07 Å². The van der Waals surface area contributed by atoms with Gasteiger partial charge in [0.1, 0.15) is 11.1 Å². The van der Waals surface area contributed by atoms with Crippen LogP contribution in [0.25, 0.3) is 0 Å². The van der Waals surface area contributed by atoms with Crippen LogP contribution in [0.5, 0.6) is 0 Å². The lowest BCUT2D eigenvalue weighted by molar-refractivity contribution is 0.344. The number of ether oxygens (including phenoxy) is 1. The molecule has 0 saturated carbocycles. The van der Waals surface area contributed by atoms with Gasteiger partial charge in [-0.15, -0.1) is 11.3 Å². The van der Waals surface area contributed by atoms with Gasteiger partial charge in [-0.1, -0.05) is 6.92 Å². The number of nitrogens with zero attached hydrogens (tertiary/aromatic N) is 2. The number of rotatable bonds is 3. The number of hydrogen-bond donors (Lipinski definition) is 0. The Morgan fingerprint density at radius 1 is 1.65 bits per heavy atom. The number of aliphatic imine (C=N–C) groups is 1. The Hall–Kier alpha value is -1.34. The number of hydrogen-bond acceptors (Lipinski definition) is 4. The van der Waals surface area contributed by atoms with Gasteiger partial charge in [-0.25, -0.2) is 4.99 Å². The topological polar surface area (TPSA) is 45.4 Å². The molecule has 4 heteroatoms. The first kappa shape index (κ1) is 12.1. The Balaban J connectivity index is 2.31. The van der Waals surface area contributed by atoms with E-state index in [9.17, 15) is 5.26 Å². The minimum Gasteiger partial charge on any atom is -0.483 e. The molecule has 1 aliphatic carbocycles. The van der Waals surface area contributed by atoms with Crippen molar-refractivity contribution in [3.63, 3.8) is 0 Å². The molecule has 0 spiro atoms. The maximum atomic E-state index is 9.23. The molecule has 1 heterocycles. The second-order valence-electron chi connectivity index (χ2n) is 4.33. The van der Waals surface area contributed by atoms with E-state index in [0.29, 0.717) is 6.61 Å². The van der Waals surface area contributed by atoms with Gasteiger partial charge in [0.05, 0.1) is 12.2 Å². The summed E-state index contributed by atoms with van der Waals surface area (Å²) in [5, 5.41) is 10.0. The van der Waals surface area contributed by atoms with Gasteiger partial charge in [0.25, 0.3) is 0 Å². The van der Waals surface area contributed by atoms with Crippen molar-refractivity contribution in [1.29, 1.82) is 5.26 Å². The zero-order valence-corrected chi connectivity index (χ0v) is 11.0. The molecule has 1 aromatic rings. The van der Waals surface area contributed by atoms with Gasteiger partial charge in [-0.2, -0.15) is 5.26 Å². The highest BCUT2D eigenvalue weighted by Crippen LogP contribution is 2.40. The first-order chi connectivity index (χ1) is 8.26. The van der Waals surface area contributed by atoms with Gasteiger partial charge in [-0.3, -0.25) is 0 Å². The minimum atomic E-state index is 0.605.